The standard InChI is InChI=1S/C31H36N6O3/c1-2-3-12-37(31(33)39)30(38)29-19-24-18-25(8-10-28(24)40-29)36-15-13-35(14-16-36)11-5-4-6-23-21-34-27-9-7-22(20-32)17-26(23)27/h7-10,17-19,21,34H,2-6,11-16H2,1H3,(H2,33,39). The molecule has 1 saturated heterocycles. The Morgan fingerprint density at radius 2 is 1.90 bits per heavy atom. The van der Waals surface area contributed by atoms with Crippen molar-refractivity contribution >= 4 is 39.5 Å². The molecule has 40 heavy (non-hydrogen) atoms. The van der Waals surface area contributed by atoms with Crippen LogP contribution in [0.3, 0.4) is 0 Å². The first kappa shape index (κ1) is 27.3. The van der Waals surface area contributed by atoms with Crippen molar-refractivity contribution in [3.8, 4) is 6.07 Å². The lowest BCUT2D eigenvalue weighted by Crippen LogP contribution is -2.46. The van der Waals surface area contributed by atoms with Crippen LogP contribution < -0.4 is 10.6 Å². The normalized spacial score (nSPS) is 14.1. The van der Waals surface area contributed by atoms with Gasteiger partial charge in [0.1, 0.15) is 5.58 Å². The summed E-state index contributed by atoms with van der Waals surface area (Å²) >= 11 is 0. The molecule has 2 aromatic carbocycles. The minimum Gasteiger partial charge on any atom is -0.451 e. The van der Waals surface area contributed by atoms with Crippen LogP contribution in [0.1, 0.15) is 54.3 Å². The predicted octanol–water partition coefficient (Wildman–Crippen LogP) is 5.25. The van der Waals surface area contributed by atoms with Crippen LogP contribution in [0.15, 0.2) is 53.1 Å². The molecule has 1 fully saturated rings. The Bertz CT molecular complexity index is 1540. The zero-order valence-corrected chi connectivity index (χ0v) is 23.0. The highest BCUT2D eigenvalue weighted by molar-refractivity contribution is 6.04. The third kappa shape index (κ3) is 5.97. The average molecular weight is 541 g/mol. The zero-order chi connectivity index (χ0) is 28.1. The van der Waals surface area contributed by atoms with Gasteiger partial charge in [-0.1, -0.05) is 13.3 Å². The van der Waals surface area contributed by atoms with Crippen molar-refractivity contribution in [1.82, 2.24) is 14.8 Å². The summed E-state index contributed by atoms with van der Waals surface area (Å²) < 4.78 is 5.78. The number of primary amides is 1. The molecule has 0 saturated carbocycles. The van der Waals surface area contributed by atoms with E-state index in [1.807, 2.05) is 43.3 Å². The van der Waals surface area contributed by atoms with Crippen molar-refractivity contribution in [2.45, 2.75) is 39.0 Å². The lowest BCUT2D eigenvalue weighted by atomic mass is 10.1. The van der Waals surface area contributed by atoms with Gasteiger partial charge in [-0.05, 0) is 80.3 Å². The number of carbonyl (C=O) groups excluding carboxylic acids is 2. The second kappa shape index (κ2) is 12.3. The van der Waals surface area contributed by atoms with Crippen LogP contribution in [0.4, 0.5) is 10.5 Å². The Hall–Kier alpha value is -4.29. The summed E-state index contributed by atoms with van der Waals surface area (Å²) in [6, 6.07) is 14.9. The summed E-state index contributed by atoms with van der Waals surface area (Å²) in [5.74, 6) is -0.367. The molecule has 0 unspecified atom stereocenters. The molecule has 1 aliphatic heterocycles. The van der Waals surface area contributed by atoms with Gasteiger partial charge in [-0.3, -0.25) is 14.6 Å². The maximum absolute atomic E-state index is 12.8. The Morgan fingerprint density at radius 1 is 1.07 bits per heavy atom. The molecular formula is C31H36N6O3. The number of fused-ring (bicyclic) bond motifs is 2. The number of nitrogens with one attached hydrogen (secondary N) is 1. The number of imide groups is 1. The molecule has 3 amide bonds. The summed E-state index contributed by atoms with van der Waals surface area (Å²) in [6.45, 7) is 7.20. The van der Waals surface area contributed by atoms with Crippen molar-refractivity contribution < 1.29 is 14.0 Å². The van der Waals surface area contributed by atoms with E-state index < -0.39 is 11.9 Å². The van der Waals surface area contributed by atoms with Crippen molar-refractivity contribution in [2.75, 3.05) is 44.2 Å². The summed E-state index contributed by atoms with van der Waals surface area (Å²) in [7, 11) is 0. The smallest absolute Gasteiger partial charge is 0.321 e. The van der Waals surface area contributed by atoms with E-state index in [1.54, 1.807) is 6.07 Å². The molecular weight excluding hydrogens is 504 g/mol. The van der Waals surface area contributed by atoms with Crippen LogP contribution >= 0.6 is 0 Å². The number of furan rings is 1. The second-order valence-corrected chi connectivity index (χ2v) is 10.5. The first-order valence-corrected chi connectivity index (χ1v) is 14.1. The average Bonchev–Trinajstić information content (AvgIpc) is 3.59. The highest BCUT2D eigenvalue weighted by atomic mass is 16.3. The molecule has 3 heterocycles. The van der Waals surface area contributed by atoms with Gasteiger partial charge in [0, 0.05) is 60.9 Å². The quantitative estimate of drug-likeness (QED) is 0.265. The van der Waals surface area contributed by atoms with Gasteiger partial charge in [-0.15, -0.1) is 0 Å². The predicted molar refractivity (Wildman–Crippen MR) is 156 cm³/mol. The monoisotopic (exact) mass is 540 g/mol. The number of anilines is 1. The Kier molecular flexibility index (Phi) is 8.37. The number of piperazine rings is 1. The number of nitriles is 1. The number of benzene rings is 2. The molecule has 0 bridgehead atoms. The van der Waals surface area contributed by atoms with Gasteiger partial charge < -0.3 is 20.0 Å². The van der Waals surface area contributed by atoms with Crippen LogP contribution in [-0.4, -0.2) is 66.0 Å². The number of nitrogens with two attached hydrogens (primary N) is 1. The topological polar surface area (TPSA) is 123 Å². The van der Waals surface area contributed by atoms with E-state index in [4.69, 9.17) is 10.2 Å². The van der Waals surface area contributed by atoms with E-state index in [0.717, 1.165) is 85.3 Å². The van der Waals surface area contributed by atoms with Gasteiger partial charge in [0.05, 0.1) is 11.6 Å². The number of H-pyrrole nitrogens is 1. The summed E-state index contributed by atoms with van der Waals surface area (Å²) in [5.41, 5.74) is 10.2. The van der Waals surface area contributed by atoms with Gasteiger partial charge >= 0.3 is 6.03 Å². The molecule has 1 aliphatic rings. The second-order valence-electron chi connectivity index (χ2n) is 10.5. The number of hydrogen-bond donors (Lipinski definition) is 2. The number of aryl methyl sites for hydroxylation is 1. The number of hydrogen-bond acceptors (Lipinski definition) is 6. The molecule has 9 nitrogen and oxygen atoms in total. The fourth-order valence-electron chi connectivity index (χ4n) is 5.43. The first-order chi connectivity index (χ1) is 19.5. The first-order valence-electron chi connectivity index (χ1n) is 14.1. The molecule has 9 heteroatoms. The molecule has 0 spiro atoms. The number of rotatable bonds is 10. The number of urea groups is 1. The molecule has 4 aromatic rings. The van der Waals surface area contributed by atoms with Gasteiger partial charge in [0.15, 0.2) is 5.76 Å². The van der Waals surface area contributed by atoms with Crippen molar-refractivity contribution in [3.63, 3.8) is 0 Å². The molecule has 5 rings (SSSR count). The SMILES string of the molecule is CCCCN(C(N)=O)C(=O)c1cc2cc(N3CCN(CCCCc4c[nH]c5ccc(C#N)cc45)CC3)ccc2o1. The summed E-state index contributed by atoms with van der Waals surface area (Å²) in [4.78, 5) is 33.9. The third-order valence-corrected chi connectivity index (χ3v) is 7.76. The van der Waals surface area contributed by atoms with Crippen LogP contribution in [-0.2, 0) is 6.42 Å². The Morgan fingerprint density at radius 3 is 2.65 bits per heavy atom. The zero-order valence-electron chi connectivity index (χ0n) is 23.0. The summed E-state index contributed by atoms with van der Waals surface area (Å²) in [6.07, 6.45) is 6.85. The number of aromatic amines is 1. The minimum atomic E-state index is -0.760. The largest absolute Gasteiger partial charge is 0.451 e. The van der Waals surface area contributed by atoms with E-state index in [-0.39, 0.29) is 12.3 Å². The molecule has 0 aliphatic carbocycles. The van der Waals surface area contributed by atoms with E-state index in [1.165, 1.54) is 5.56 Å². The third-order valence-electron chi connectivity index (χ3n) is 7.76. The number of nitrogens with zero attached hydrogens (tertiary/aromatic N) is 4. The van der Waals surface area contributed by atoms with Crippen LogP contribution in [0.25, 0.3) is 21.9 Å². The Labute approximate surface area is 234 Å². The van der Waals surface area contributed by atoms with E-state index >= 15 is 0 Å². The van der Waals surface area contributed by atoms with E-state index in [9.17, 15) is 14.9 Å². The van der Waals surface area contributed by atoms with Gasteiger partial charge in [0.25, 0.3) is 5.91 Å². The van der Waals surface area contributed by atoms with E-state index in [0.29, 0.717) is 17.6 Å². The highest BCUT2D eigenvalue weighted by Crippen LogP contribution is 2.27. The molecule has 208 valence electrons. The fraction of sp³-hybridized carbons (Fsp3) is 0.387. The highest BCUT2D eigenvalue weighted by Gasteiger charge is 2.24. The Balaban J connectivity index is 1.12. The van der Waals surface area contributed by atoms with Gasteiger partial charge in [-0.25, -0.2) is 4.79 Å². The van der Waals surface area contributed by atoms with Crippen molar-refractivity contribution in [1.29, 1.82) is 5.26 Å². The van der Waals surface area contributed by atoms with Crippen LogP contribution in [0, 0.1) is 11.3 Å². The summed E-state index contributed by atoms with van der Waals surface area (Å²) in [5, 5.41) is 11.2. The van der Waals surface area contributed by atoms with Crippen LogP contribution in [0.5, 0.6) is 0 Å². The number of amides is 3. The fourth-order valence-corrected chi connectivity index (χ4v) is 5.43. The van der Waals surface area contributed by atoms with Crippen molar-refractivity contribution in [2.24, 2.45) is 5.73 Å². The minimum absolute atomic E-state index is 0.130. The molecule has 0 radical (unpaired) electrons. The van der Waals surface area contributed by atoms with E-state index in [2.05, 4.69) is 27.0 Å². The molecule has 0 atom stereocenters. The molecule has 3 N–H and O–H groups in total. The number of unbranched alkanes of at least 4 members (excludes halogenated alkanes) is 2. The lowest BCUT2D eigenvalue weighted by Gasteiger charge is -2.36. The number of carbonyl (C=O) groups is 2. The van der Waals surface area contributed by atoms with Crippen molar-refractivity contribution in [3.05, 3.63) is 65.5 Å². The lowest BCUT2D eigenvalue weighted by molar-refractivity contribution is 0.0778. The maximum Gasteiger partial charge on any atom is 0.321 e. The van der Waals surface area contributed by atoms with Crippen LogP contribution in [0.2, 0.25) is 0 Å². The van der Waals surface area contributed by atoms with Gasteiger partial charge in [-0.2, -0.15) is 5.26 Å². The number of aromatic nitrogens is 1. The van der Waals surface area contributed by atoms with Gasteiger partial charge in [0.2, 0.25) is 0 Å². The maximum atomic E-state index is 12.8. The molecule has 2 aromatic heterocycles.